The first-order chi connectivity index (χ1) is 8.13. The van der Waals surface area contributed by atoms with E-state index in [2.05, 4.69) is 84.4 Å². The Morgan fingerprint density at radius 1 is 1.24 bits per heavy atom. The van der Waals surface area contributed by atoms with Crippen LogP contribution in [-0.4, -0.2) is 6.26 Å². The summed E-state index contributed by atoms with van der Waals surface area (Å²) in [6, 6.07) is 10.7. The number of thiophene rings is 1. The summed E-state index contributed by atoms with van der Waals surface area (Å²) in [5.41, 5.74) is 1.32. The molecule has 0 amide bonds. The van der Waals surface area contributed by atoms with Gasteiger partial charge in [-0.15, -0.1) is 23.1 Å². The predicted molar refractivity (Wildman–Crippen MR) is 88.7 cm³/mol. The topological polar surface area (TPSA) is 0 Å². The molecule has 0 saturated heterocycles. The van der Waals surface area contributed by atoms with Gasteiger partial charge in [0.2, 0.25) is 0 Å². The van der Waals surface area contributed by atoms with Crippen molar-refractivity contribution in [1.29, 1.82) is 0 Å². The maximum atomic E-state index is 3.79. The van der Waals surface area contributed by atoms with Crippen LogP contribution in [0.15, 0.2) is 43.5 Å². The molecule has 0 aliphatic heterocycles. The number of benzene rings is 1. The lowest BCUT2D eigenvalue weighted by Gasteiger charge is -2.12. The molecule has 1 aromatic heterocycles. The Bertz CT molecular complexity index is 503. The molecule has 17 heavy (non-hydrogen) atoms. The molecule has 5 heteroatoms. The Kier molecular flexibility index (Phi) is 5.18. The average Bonchev–Trinajstić information content (AvgIpc) is 2.68. The van der Waals surface area contributed by atoms with Gasteiger partial charge in [-0.25, -0.2) is 0 Å². The Hall–Kier alpha value is 0.710. The van der Waals surface area contributed by atoms with Crippen molar-refractivity contribution < 1.29 is 0 Å². The Morgan fingerprint density at radius 2 is 1.94 bits per heavy atom. The van der Waals surface area contributed by atoms with Crippen LogP contribution in [0.1, 0.15) is 15.3 Å². The molecule has 1 heterocycles. The molecule has 0 spiro atoms. The van der Waals surface area contributed by atoms with Crippen LogP contribution in [0.3, 0.4) is 0 Å². The second-order valence-corrected chi connectivity index (χ2v) is 8.39. The van der Waals surface area contributed by atoms with Crippen LogP contribution in [0.2, 0.25) is 0 Å². The van der Waals surface area contributed by atoms with Gasteiger partial charge in [0.25, 0.3) is 0 Å². The van der Waals surface area contributed by atoms with Crippen molar-refractivity contribution >= 4 is 70.9 Å². The highest BCUT2D eigenvalue weighted by Crippen LogP contribution is 2.43. The zero-order valence-electron chi connectivity index (χ0n) is 8.91. The summed E-state index contributed by atoms with van der Waals surface area (Å²) in [6.45, 7) is 0. The van der Waals surface area contributed by atoms with Gasteiger partial charge in [0, 0.05) is 14.2 Å². The van der Waals surface area contributed by atoms with Crippen LogP contribution in [0.4, 0.5) is 0 Å². The quantitative estimate of drug-likeness (QED) is 0.376. The van der Waals surface area contributed by atoms with Crippen LogP contribution in [-0.2, 0) is 0 Å². The molecule has 0 aliphatic rings. The van der Waals surface area contributed by atoms with E-state index in [1.54, 1.807) is 23.1 Å². The van der Waals surface area contributed by atoms with E-state index in [9.17, 15) is 0 Å². The molecule has 0 saturated carbocycles. The van der Waals surface area contributed by atoms with Crippen molar-refractivity contribution in [3.05, 3.63) is 49.0 Å². The third kappa shape index (κ3) is 3.18. The lowest BCUT2D eigenvalue weighted by atomic mass is 10.1. The fourth-order valence-electron chi connectivity index (χ4n) is 1.52. The summed E-state index contributed by atoms with van der Waals surface area (Å²) in [4.78, 5) is 2.86. The minimum atomic E-state index is 0.249. The monoisotopic (exact) mass is 454 g/mol. The second kappa shape index (κ2) is 6.24. The summed E-state index contributed by atoms with van der Waals surface area (Å²) >= 11 is 14.4. The molecule has 0 bridgehead atoms. The van der Waals surface area contributed by atoms with E-state index in [0.29, 0.717) is 0 Å². The number of thioether (sulfide) groups is 1. The molecule has 0 aliphatic carbocycles. The third-order valence-electron chi connectivity index (χ3n) is 2.33. The van der Waals surface area contributed by atoms with Gasteiger partial charge < -0.3 is 0 Å². The summed E-state index contributed by atoms with van der Waals surface area (Å²) in [5.74, 6) is 0. The number of halogens is 3. The fraction of sp³-hybridized carbons (Fsp3) is 0.167. The fourth-order valence-corrected chi connectivity index (χ4v) is 5.20. The molecule has 2 rings (SSSR count). The Balaban J connectivity index is 2.39. The maximum absolute atomic E-state index is 3.79. The first-order valence-corrected chi connectivity index (χ1v) is 9.39. The minimum absolute atomic E-state index is 0.249. The van der Waals surface area contributed by atoms with E-state index >= 15 is 0 Å². The highest BCUT2D eigenvalue weighted by Gasteiger charge is 2.17. The van der Waals surface area contributed by atoms with Crippen LogP contribution in [0.25, 0.3) is 0 Å². The number of rotatable bonds is 3. The van der Waals surface area contributed by atoms with Crippen LogP contribution < -0.4 is 0 Å². The molecule has 1 unspecified atom stereocenters. The van der Waals surface area contributed by atoms with Crippen molar-refractivity contribution in [3.8, 4) is 0 Å². The van der Waals surface area contributed by atoms with Crippen molar-refractivity contribution in [3.63, 3.8) is 0 Å². The lowest BCUT2D eigenvalue weighted by Crippen LogP contribution is -1.91. The maximum Gasteiger partial charge on any atom is 0.0843 e. The Morgan fingerprint density at radius 3 is 2.53 bits per heavy atom. The van der Waals surface area contributed by atoms with Gasteiger partial charge in [0.15, 0.2) is 0 Å². The van der Waals surface area contributed by atoms with Gasteiger partial charge in [0.1, 0.15) is 0 Å². The third-order valence-corrected chi connectivity index (χ3v) is 7.75. The standard InChI is InChI=1S/C12H9Br3S2/c1-16-9-5-3-2-4-7(9)11(14)10-6-8(13)12(15)17-10/h2-6,11H,1H3. The molecule has 0 N–H and O–H groups in total. The molecule has 2 aromatic rings. The van der Waals surface area contributed by atoms with E-state index in [0.717, 1.165) is 8.26 Å². The van der Waals surface area contributed by atoms with Gasteiger partial charge in [-0.2, -0.15) is 0 Å². The van der Waals surface area contributed by atoms with Crippen molar-refractivity contribution in [2.75, 3.05) is 6.26 Å². The molecule has 0 nitrogen and oxygen atoms in total. The van der Waals surface area contributed by atoms with Crippen molar-refractivity contribution in [2.24, 2.45) is 0 Å². The van der Waals surface area contributed by atoms with E-state index < -0.39 is 0 Å². The largest absolute Gasteiger partial charge is 0.131 e. The van der Waals surface area contributed by atoms with Crippen LogP contribution >= 0.6 is 70.9 Å². The van der Waals surface area contributed by atoms with E-state index in [-0.39, 0.29) is 4.83 Å². The SMILES string of the molecule is CSc1ccccc1C(Br)c1cc(Br)c(Br)s1. The van der Waals surface area contributed by atoms with Crippen LogP contribution in [0, 0.1) is 0 Å². The zero-order valence-corrected chi connectivity index (χ0v) is 15.3. The molecule has 1 aromatic carbocycles. The summed E-state index contributed by atoms with van der Waals surface area (Å²) in [6.07, 6.45) is 2.11. The number of hydrogen-bond donors (Lipinski definition) is 0. The van der Waals surface area contributed by atoms with Crippen LogP contribution in [0.5, 0.6) is 0 Å². The molecule has 0 radical (unpaired) electrons. The molecule has 0 fully saturated rings. The number of hydrogen-bond acceptors (Lipinski definition) is 2. The van der Waals surface area contributed by atoms with Crippen molar-refractivity contribution in [1.82, 2.24) is 0 Å². The van der Waals surface area contributed by atoms with E-state index in [1.807, 2.05) is 0 Å². The normalized spacial score (nSPS) is 12.7. The van der Waals surface area contributed by atoms with E-state index in [1.165, 1.54) is 15.3 Å². The summed E-state index contributed by atoms with van der Waals surface area (Å²) in [5, 5.41) is 0. The van der Waals surface area contributed by atoms with E-state index in [4.69, 9.17) is 0 Å². The smallest absolute Gasteiger partial charge is 0.0843 e. The lowest BCUT2D eigenvalue weighted by molar-refractivity contribution is 1.15. The number of alkyl halides is 1. The van der Waals surface area contributed by atoms with Gasteiger partial charge in [-0.3, -0.25) is 0 Å². The first-order valence-electron chi connectivity index (χ1n) is 4.85. The highest BCUT2D eigenvalue weighted by atomic mass is 79.9. The minimum Gasteiger partial charge on any atom is -0.131 e. The molecule has 1 atom stereocenters. The average molecular weight is 457 g/mol. The van der Waals surface area contributed by atoms with Gasteiger partial charge in [-0.05, 0) is 55.8 Å². The van der Waals surface area contributed by atoms with Gasteiger partial charge >= 0.3 is 0 Å². The second-order valence-electron chi connectivity index (χ2n) is 3.37. The van der Waals surface area contributed by atoms with Gasteiger partial charge in [0.05, 0.1) is 8.61 Å². The summed E-state index contributed by atoms with van der Waals surface area (Å²) < 4.78 is 2.25. The molecule has 90 valence electrons. The highest BCUT2D eigenvalue weighted by molar-refractivity contribution is 9.13. The zero-order chi connectivity index (χ0) is 12.4. The Labute approximate surface area is 135 Å². The van der Waals surface area contributed by atoms with Crippen molar-refractivity contribution in [2.45, 2.75) is 9.72 Å². The predicted octanol–water partition coefficient (Wildman–Crippen LogP) is 6.48. The molecular weight excluding hydrogens is 448 g/mol. The van der Waals surface area contributed by atoms with Gasteiger partial charge in [-0.1, -0.05) is 34.1 Å². The first kappa shape index (κ1) is 14.1. The molecular formula is C12H9Br3S2. The summed E-state index contributed by atoms with van der Waals surface area (Å²) in [7, 11) is 0.